The first-order valence-corrected chi connectivity index (χ1v) is 4.47. The molecule has 60 valence electrons. The van der Waals surface area contributed by atoms with Crippen molar-refractivity contribution in [3.63, 3.8) is 0 Å². The molecule has 0 aliphatic heterocycles. The van der Waals surface area contributed by atoms with Crippen molar-refractivity contribution in [2.75, 3.05) is 0 Å². The summed E-state index contributed by atoms with van der Waals surface area (Å²) >= 11 is 1.70. The lowest BCUT2D eigenvalue weighted by molar-refractivity contribution is 1.43. The van der Waals surface area contributed by atoms with Crippen LogP contribution in [0.15, 0.2) is 29.6 Å². The number of rotatable bonds is 1. The molecular formula is C9H8N2S. The zero-order valence-electron chi connectivity index (χ0n) is 6.37. The fraction of sp³-hybridized carbons (Fsp3) is 0. The number of thiophene rings is 1. The Labute approximate surface area is 74.1 Å². The normalized spacial score (nSPS) is 10.3. The molecule has 0 aliphatic rings. The minimum Gasteiger partial charge on any atom is -0.384 e. The average molecular weight is 176 g/mol. The third-order valence-corrected chi connectivity index (χ3v) is 2.66. The van der Waals surface area contributed by atoms with Gasteiger partial charge >= 0.3 is 0 Å². The van der Waals surface area contributed by atoms with Crippen LogP contribution < -0.4 is 5.73 Å². The molecule has 0 saturated heterocycles. The minimum atomic E-state index is 0.128. The highest BCUT2D eigenvalue weighted by molar-refractivity contribution is 7.17. The summed E-state index contributed by atoms with van der Waals surface area (Å²) in [6.45, 7) is 0. The van der Waals surface area contributed by atoms with Crippen LogP contribution in [0.2, 0.25) is 0 Å². The molecule has 12 heavy (non-hydrogen) atoms. The molecule has 1 aromatic carbocycles. The highest BCUT2D eigenvalue weighted by atomic mass is 32.1. The lowest BCUT2D eigenvalue weighted by Gasteiger charge is -1.96. The molecule has 2 aromatic rings. The van der Waals surface area contributed by atoms with E-state index in [9.17, 15) is 0 Å². The Bertz CT molecular complexity index is 431. The molecule has 1 heterocycles. The Morgan fingerprint density at radius 3 is 2.92 bits per heavy atom. The van der Waals surface area contributed by atoms with Crippen LogP contribution in [0.5, 0.6) is 0 Å². The molecule has 0 fully saturated rings. The first-order chi connectivity index (χ1) is 5.77. The van der Waals surface area contributed by atoms with E-state index in [0.29, 0.717) is 0 Å². The summed E-state index contributed by atoms with van der Waals surface area (Å²) in [6, 6.07) is 7.85. The predicted octanol–water partition coefficient (Wildman–Crippen LogP) is 2.19. The third-order valence-electron chi connectivity index (χ3n) is 1.76. The highest BCUT2D eigenvalue weighted by Gasteiger charge is 1.98. The van der Waals surface area contributed by atoms with E-state index in [1.54, 1.807) is 11.3 Å². The maximum atomic E-state index is 7.24. The molecule has 0 atom stereocenters. The third kappa shape index (κ3) is 1.08. The van der Waals surface area contributed by atoms with Crippen molar-refractivity contribution in [3.8, 4) is 0 Å². The van der Waals surface area contributed by atoms with Gasteiger partial charge in [-0.25, -0.2) is 0 Å². The summed E-state index contributed by atoms with van der Waals surface area (Å²) in [4.78, 5) is 0. The van der Waals surface area contributed by atoms with Crippen LogP contribution in [0.25, 0.3) is 10.1 Å². The van der Waals surface area contributed by atoms with Crippen LogP contribution in [0, 0.1) is 5.41 Å². The summed E-state index contributed by atoms with van der Waals surface area (Å²) in [6.07, 6.45) is 0. The first kappa shape index (κ1) is 7.31. The fourth-order valence-electron chi connectivity index (χ4n) is 1.13. The Morgan fingerprint density at radius 2 is 2.17 bits per heavy atom. The number of hydrogen-bond acceptors (Lipinski definition) is 2. The number of nitrogen functional groups attached to an aromatic ring is 1. The average Bonchev–Trinajstić information content (AvgIpc) is 2.49. The van der Waals surface area contributed by atoms with Crippen LogP contribution in [0.3, 0.4) is 0 Å². The van der Waals surface area contributed by atoms with Crippen molar-refractivity contribution < 1.29 is 0 Å². The second-order valence-electron chi connectivity index (χ2n) is 2.59. The second kappa shape index (κ2) is 2.60. The van der Waals surface area contributed by atoms with Crippen molar-refractivity contribution in [1.29, 1.82) is 5.41 Å². The SMILES string of the molecule is N=C(N)c1ccc2sccc2c1. The van der Waals surface area contributed by atoms with Crippen LogP contribution in [0.1, 0.15) is 5.56 Å². The van der Waals surface area contributed by atoms with E-state index in [2.05, 4.69) is 0 Å². The molecule has 1 aromatic heterocycles. The topological polar surface area (TPSA) is 49.9 Å². The van der Waals surface area contributed by atoms with Gasteiger partial charge in [0, 0.05) is 10.3 Å². The standard InChI is InChI=1S/C9H8N2S/c10-9(11)7-1-2-8-6(5-7)3-4-12-8/h1-5H,(H3,10,11). The molecule has 0 saturated carbocycles. The van der Waals surface area contributed by atoms with E-state index in [0.717, 1.165) is 10.9 Å². The molecule has 3 N–H and O–H groups in total. The van der Waals surface area contributed by atoms with Crippen LogP contribution in [0.4, 0.5) is 0 Å². The van der Waals surface area contributed by atoms with Crippen LogP contribution in [-0.2, 0) is 0 Å². The Hall–Kier alpha value is -1.35. The zero-order valence-corrected chi connectivity index (χ0v) is 7.19. The number of nitrogens with one attached hydrogen (secondary N) is 1. The Balaban J connectivity index is 2.68. The number of hydrogen-bond donors (Lipinski definition) is 2. The van der Waals surface area contributed by atoms with E-state index in [1.807, 2.05) is 29.6 Å². The largest absolute Gasteiger partial charge is 0.384 e. The van der Waals surface area contributed by atoms with Gasteiger partial charge in [-0.15, -0.1) is 11.3 Å². The highest BCUT2D eigenvalue weighted by Crippen LogP contribution is 2.21. The molecule has 0 bridgehead atoms. The van der Waals surface area contributed by atoms with Crippen molar-refractivity contribution in [2.45, 2.75) is 0 Å². The second-order valence-corrected chi connectivity index (χ2v) is 3.53. The summed E-state index contributed by atoms with van der Waals surface area (Å²) < 4.78 is 1.24. The Morgan fingerprint density at radius 1 is 1.33 bits per heavy atom. The van der Waals surface area contributed by atoms with Crippen molar-refractivity contribution in [3.05, 3.63) is 35.2 Å². The Kier molecular flexibility index (Phi) is 1.59. The van der Waals surface area contributed by atoms with E-state index < -0.39 is 0 Å². The molecule has 0 radical (unpaired) electrons. The number of benzene rings is 1. The molecule has 2 nitrogen and oxygen atoms in total. The summed E-state index contributed by atoms with van der Waals surface area (Å²) in [5.74, 6) is 0.128. The van der Waals surface area contributed by atoms with E-state index >= 15 is 0 Å². The first-order valence-electron chi connectivity index (χ1n) is 3.59. The van der Waals surface area contributed by atoms with Gasteiger partial charge in [0.05, 0.1) is 0 Å². The van der Waals surface area contributed by atoms with Gasteiger partial charge in [0.15, 0.2) is 0 Å². The number of amidine groups is 1. The fourth-order valence-corrected chi connectivity index (χ4v) is 1.91. The molecule has 3 heteroatoms. The molecule has 2 rings (SSSR count). The maximum absolute atomic E-state index is 7.24. The number of fused-ring (bicyclic) bond motifs is 1. The molecule has 0 unspecified atom stereocenters. The van der Waals surface area contributed by atoms with Gasteiger partial charge in [-0.05, 0) is 35.0 Å². The van der Waals surface area contributed by atoms with Gasteiger partial charge < -0.3 is 5.73 Å². The maximum Gasteiger partial charge on any atom is 0.122 e. The van der Waals surface area contributed by atoms with Crippen LogP contribution >= 0.6 is 11.3 Å². The lowest BCUT2D eigenvalue weighted by atomic mass is 10.1. The van der Waals surface area contributed by atoms with E-state index in [-0.39, 0.29) is 5.84 Å². The van der Waals surface area contributed by atoms with E-state index in [4.69, 9.17) is 11.1 Å². The van der Waals surface area contributed by atoms with Gasteiger partial charge in [-0.2, -0.15) is 0 Å². The molecule has 0 aliphatic carbocycles. The van der Waals surface area contributed by atoms with Gasteiger partial charge in [-0.1, -0.05) is 0 Å². The van der Waals surface area contributed by atoms with Crippen molar-refractivity contribution in [2.24, 2.45) is 5.73 Å². The van der Waals surface area contributed by atoms with Crippen molar-refractivity contribution in [1.82, 2.24) is 0 Å². The van der Waals surface area contributed by atoms with Gasteiger partial charge in [-0.3, -0.25) is 5.41 Å². The summed E-state index contributed by atoms with van der Waals surface area (Å²) in [5.41, 5.74) is 6.15. The predicted molar refractivity (Wildman–Crippen MR) is 52.8 cm³/mol. The van der Waals surface area contributed by atoms with Gasteiger partial charge in [0.2, 0.25) is 0 Å². The quantitative estimate of drug-likeness (QED) is 0.508. The minimum absolute atomic E-state index is 0.128. The van der Waals surface area contributed by atoms with Gasteiger partial charge in [0.25, 0.3) is 0 Å². The molecule has 0 amide bonds. The number of nitrogens with two attached hydrogens (primary N) is 1. The zero-order chi connectivity index (χ0) is 8.55. The lowest BCUT2D eigenvalue weighted by Crippen LogP contribution is -2.10. The summed E-state index contributed by atoms with van der Waals surface area (Å²) in [7, 11) is 0. The summed E-state index contributed by atoms with van der Waals surface area (Å²) in [5, 5.41) is 10.4. The monoisotopic (exact) mass is 176 g/mol. The van der Waals surface area contributed by atoms with E-state index in [1.165, 1.54) is 4.70 Å². The molecule has 0 spiro atoms. The molecular weight excluding hydrogens is 168 g/mol. The van der Waals surface area contributed by atoms with Gasteiger partial charge in [0.1, 0.15) is 5.84 Å². The van der Waals surface area contributed by atoms with Crippen LogP contribution in [-0.4, -0.2) is 5.84 Å². The van der Waals surface area contributed by atoms with Crippen molar-refractivity contribution >= 4 is 27.3 Å². The smallest absolute Gasteiger partial charge is 0.122 e.